The molecular weight excluding hydrogens is 359 g/mol. The molecule has 0 radical (unpaired) electrons. The first kappa shape index (κ1) is 17.7. The van der Waals surface area contributed by atoms with Crippen molar-refractivity contribution < 1.29 is 19.2 Å². The molecule has 0 bridgehead atoms. The molecule has 2 aromatic rings. The number of ether oxygens (including phenoxy) is 1. The van der Waals surface area contributed by atoms with Gasteiger partial charge in [-0.05, 0) is 30.3 Å². The number of anilines is 1. The summed E-state index contributed by atoms with van der Waals surface area (Å²) in [7, 11) is 0. The first-order valence-electron chi connectivity index (χ1n) is 6.51. The first-order chi connectivity index (χ1) is 11.4. The molecule has 1 amide bonds. The van der Waals surface area contributed by atoms with Gasteiger partial charge in [-0.2, -0.15) is 0 Å². The molecule has 0 saturated heterocycles. The van der Waals surface area contributed by atoms with Crippen molar-refractivity contribution in [2.24, 2.45) is 0 Å². The van der Waals surface area contributed by atoms with Crippen molar-refractivity contribution in [3.63, 3.8) is 0 Å². The third-order valence-electron chi connectivity index (χ3n) is 2.82. The van der Waals surface area contributed by atoms with Crippen LogP contribution in [0, 0.1) is 10.1 Å². The summed E-state index contributed by atoms with van der Waals surface area (Å²) in [5, 5.41) is 14.2. The minimum atomic E-state index is -0.697. The lowest BCUT2D eigenvalue weighted by Crippen LogP contribution is -2.20. The van der Waals surface area contributed by atoms with Crippen molar-refractivity contribution in [3.05, 3.63) is 62.1 Å². The molecule has 2 rings (SSSR count). The Labute approximate surface area is 146 Å². The summed E-state index contributed by atoms with van der Waals surface area (Å²) in [6.07, 6.45) is 0.479. The third-order valence-corrected chi connectivity index (χ3v) is 3.26. The second kappa shape index (κ2) is 7.76. The molecule has 9 heteroatoms. The number of aldehydes is 1. The lowest BCUT2D eigenvalue weighted by atomic mass is 10.2. The molecule has 0 saturated carbocycles. The monoisotopic (exact) mass is 368 g/mol. The smallest absolute Gasteiger partial charge is 0.311 e. The third kappa shape index (κ3) is 4.68. The molecule has 0 aromatic heterocycles. The van der Waals surface area contributed by atoms with E-state index in [0.29, 0.717) is 22.0 Å². The van der Waals surface area contributed by atoms with Crippen LogP contribution in [0.4, 0.5) is 11.4 Å². The summed E-state index contributed by atoms with van der Waals surface area (Å²) >= 11 is 11.6. The number of nitro groups is 1. The van der Waals surface area contributed by atoms with Gasteiger partial charge in [0.25, 0.3) is 5.91 Å². The number of halogens is 2. The molecule has 0 spiro atoms. The van der Waals surface area contributed by atoms with Crippen LogP contribution in [-0.4, -0.2) is 23.7 Å². The predicted octanol–water partition coefficient (Wildman–Crippen LogP) is 3.73. The zero-order chi connectivity index (χ0) is 17.7. The average Bonchev–Trinajstić information content (AvgIpc) is 2.51. The van der Waals surface area contributed by atoms with E-state index in [2.05, 4.69) is 5.32 Å². The molecule has 0 aliphatic carbocycles. The highest BCUT2D eigenvalue weighted by Gasteiger charge is 2.17. The van der Waals surface area contributed by atoms with E-state index in [4.69, 9.17) is 27.9 Å². The molecule has 2 aromatic carbocycles. The van der Waals surface area contributed by atoms with Gasteiger partial charge in [-0.3, -0.25) is 19.7 Å². The van der Waals surface area contributed by atoms with Gasteiger partial charge in [-0.15, -0.1) is 0 Å². The van der Waals surface area contributed by atoms with Gasteiger partial charge in [0.15, 0.2) is 12.4 Å². The van der Waals surface area contributed by atoms with Crippen LogP contribution in [0.25, 0.3) is 0 Å². The number of benzene rings is 2. The lowest BCUT2D eigenvalue weighted by molar-refractivity contribution is -0.385. The Bertz CT molecular complexity index is 790. The molecule has 0 atom stereocenters. The summed E-state index contributed by atoms with van der Waals surface area (Å²) in [6, 6.07) is 8.17. The molecule has 0 aliphatic rings. The number of amides is 1. The SMILES string of the molecule is O=Cc1ccc(OCC(=O)Nc2cc(Cl)cc(Cl)c2)c([N+](=O)[O-])c1. The molecule has 0 heterocycles. The van der Waals surface area contributed by atoms with E-state index in [1.54, 1.807) is 0 Å². The van der Waals surface area contributed by atoms with Crippen molar-refractivity contribution in [2.45, 2.75) is 0 Å². The second-order valence-electron chi connectivity index (χ2n) is 4.60. The van der Waals surface area contributed by atoms with Crippen LogP contribution in [0.2, 0.25) is 10.0 Å². The summed E-state index contributed by atoms with van der Waals surface area (Å²) in [5.74, 6) is -0.674. The molecule has 0 fully saturated rings. The Kier molecular flexibility index (Phi) is 5.73. The van der Waals surface area contributed by atoms with Gasteiger partial charge in [0.2, 0.25) is 0 Å². The number of carbonyl (C=O) groups is 2. The van der Waals surface area contributed by atoms with Crippen LogP contribution in [0.15, 0.2) is 36.4 Å². The quantitative estimate of drug-likeness (QED) is 0.475. The second-order valence-corrected chi connectivity index (χ2v) is 5.47. The average molecular weight is 369 g/mol. The van der Waals surface area contributed by atoms with Gasteiger partial charge in [0, 0.05) is 27.4 Å². The summed E-state index contributed by atoms with van der Waals surface area (Å²) in [4.78, 5) is 32.8. The molecule has 7 nitrogen and oxygen atoms in total. The van der Waals surface area contributed by atoms with Crippen LogP contribution in [0.1, 0.15) is 10.4 Å². The number of nitrogens with one attached hydrogen (secondary N) is 1. The summed E-state index contributed by atoms with van der Waals surface area (Å²) in [5.41, 5.74) is 0.0946. The lowest BCUT2D eigenvalue weighted by Gasteiger charge is -2.09. The molecule has 1 N–H and O–H groups in total. The van der Waals surface area contributed by atoms with Gasteiger partial charge in [0.05, 0.1) is 4.92 Å². The van der Waals surface area contributed by atoms with Crippen LogP contribution >= 0.6 is 23.2 Å². The van der Waals surface area contributed by atoms with Crippen LogP contribution in [0.5, 0.6) is 5.75 Å². The zero-order valence-corrected chi connectivity index (χ0v) is 13.5. The predicted molar refractivity (Wildman–Crippen MR) is 89.1 cm³/mol. The standard InChI is InChI=1S/C15H10Cl2N2O5/c16-10-4-11(17)6-12(5-10)18-15(21)8-24-14-2-1-9(7-20)3-13(14)19(22)23/h1-7H,8H2,(H,18,21). The van der Waals surface area contributed by atoms with E-state index in [9.17, 15) is 19.7 Å². The van der Waals surface area contributed by atoms with Gasteiger partial charge in [0.1, 0.15) is 6.29 Å². The maximum Gasteiger partial charge on any atom is 0.311 e. The molecular formula is C15H10Cl2N2O5. The van der Waals surface area contributed by atoms with Crippen molar-refractivity contribution >= 4 is 46.8 Å². The molecule has 0 aliphatic heterocycles. The Hall–Kier alpha value is -2.64. The highest BCUT2D eigenvalue weighted by Crippen LogP contribution is 2.27. The Balaban J connectivity index is 2.06. The number of nitro benzene ring substituents is 1. The minimum Gasteiger partial charge on any atom is -0.477 e. The Morgan fingerprint density at radius 3 is 2.46 bits per heavy atom. The number of carbonyl (C=O) groups excluding carboxylic acids is 2. The van der Waals surface area contributed by atoms with Crippen LogP contribution in [-0.2, 0) is 4.79 Å². The van der Waals surface area contributed by atoms with Gasteiger partial charge in [-0.1, -0.05) is 23.2 Å². The first-order valence-corrected chi connectivity index (χ1v) is 7.27. The Morgan fingerprint density at radius 1 is 1.21 bits per heavy atom. The number of hydrogen-bond donors (Lipinski definition) is 1. The maximum absolute atomic E-state index is 11.9. The van der Waals surface area contributed by atoms with E-state index in [0.717, 1.165) is 6.07 Å². The van der Waals surface area contributed by atoms with Gasteiger partial charge in [-0.25, -0.2) is 0 Å². The molecule has 24 heavy (non-hydrogen) atoms. The fourth-order valence-corrected chi connectivity index (χ4v) is 2.36. The van der Waals surface area contributed by atoms with Crippen LogP contribution in [0.3, 0.4) is 0 Å². The minimum absolute atomic E-state index is 0.120. The van der Waals surface area contributed by atoms with Crippen molar-refractivity contribution in [2.75, 3.05) is 11.9 Å². The number of nitrogens with zero attached hydrogens (tertiary/aromatic N) is 1. The van der Waals surface area contributed by atoms with E-state index >= 15 is 0 Å². The number of hydrogen-bond acceptors (Lipinski definition) is 5. The van der Waals surface area contributed by atoms with Crippen molar-refractivity contribution in [1.29, 1.82) is 0 Å². The van der Waals surface area contributed by atoms with E-state index in [1.807, 2.05) is 0 Å². The molecule has 0 unspecified atom stereocenters. The van der Waals surface area contributed by atoms with Gasteiger partial charge < -0.3 is 10.1 Å². The number of rotatable bonds is 6. The van der Waals surface area contributed by atoms with E-state index in [-0.39, 0.29) is 11.3 Å². The summed E-state index contributed by atoms with van der Waals surface area (Å²) in [6.45, 7) is -0.467. The van der Waals surface area contributed by atoms with Crippen molar-refractivity contribution in [3.8, 4) is 5.75 Å². The normalized spacial score (nSPS) is 10.1. The topological polar surface area (TPSA) is 98.5 Å². The van der Waals surface area contributed by atoms with E-state index < -0.39 is 23.1 Å². The maximum atomic E-state index is 11.9. The highest BCUT2D eigenvalue weighted by molar-refractivity contribution is 6.35. The zero-order valence-electron chi connectivity index (χ0n) is 12.0. The highest BCUT2D eigenvalue weighted by atomic mass is 35.5. The van der Waals surface area contributed by atoms with Crippen molar-refractivity contribution in [1.82, 2.24) is 0 Å². The van der Waals surface area contributed by atoms with Gasteiger partial charge >= 0.3 is 5.69 Å². The summed E-state index contributed by atoms with van der Waals surface area (Å²) < 4.78 is 5.16. The van der Waals surface area contributed by atoms with E-state index in [1.165, 1.54) is 30.3 Å². The Morgan fingerprint density at radius 2 is 1.88 bits per heavy atom. The fraction of sp³-hybridized carbons (Fsp3) is 0.0667. The molecule has 124 valence electrons. The van der Waals surface area contributed by atoms with Crippen LogP contribution < -0.4 is 10.1 Å². The largest absolute Gasteiger partial charge is 0.477 e. The fourth-order valence-electron chi connectivity index (χ4n) is 1.84.